The summed E-state index contributed by atoms with van der Waals surface area (Å²) in [5.41, 5.74) is 6.11. The average molecular weight is 364 g/mol. The molecule has 0 aromatic heterocycles. The summed E-state index contributed by atoms with van der Waals surface area (Å²) < 4.78 is 0. The van der Waals surface area contributed by atoms with Crippen LogP contribution < -0.4 is 0 Å². The van der Waals surface area contributed by atoms with Crippen LogP contribution in [0.5, 0.6) is 0 Å². The van der Waals surface area contributed by atoms with Crippen molar-refractivity contribution in [1.82, 2.24) is 4.90 Å². The first-order chi connectivity index (χ1) is 13.1. The fourth-order valence-corrected chi connectivity index (χ4v) is 10.6. The molecular weight excluding hydrogens is 326 g/mol. The Morgan fingerprint density at radius 1 is 0.963 bits per heavy atom. The first-order valence-corrected chi connectivity index (χ1v) is 12.2. The topological polar surface area (TPSA) is 3.01 Å². The largest absolute Gasteiger partial charge is 0.288 e. The number of nitrogens with zero attached hydrogens (tertiary/aromatic N) is 1. The zero-order chi connectivity index (χ0) is 18.1. The lowest BCUT2D eigenvalue weighted by atomic mass is 9.40. The molecule has 7 atom stereocenters. The first-order valence-electron chi connectivity index (χ1n) is 12.2. The molecule has 1 nitrogen and oxygen atoms in total. The summed E-state index contributed by atoms with van der Waals surface area (Å²) in [5.74, 6) is 1.85. The number of hydrogen-bond donors (Lipinski definition) is 0. The zero-order valence-corrected chi connectivity index (χ0v) is 17.5. The molecule has 1 aliphatic heterocycles. The molecule has 27 heavy (non-hydrogen) atoms. The molecule has 1 saturated heterocycles. The molecule has 146 valence electrons. The van der Waals surface area contributed by atoms with Crippen LogP contribution in [0.15, 0.2) is 23.3 Å². The fourth-order valence-electron chi connectivity index (χ4n) is 10.6. The van der Waals surface area contributed by atoms with Crippen molar-refractivity contribution in [3.63, 3.8) is 0 Å². The molecule has 0 N–H and O–H groups in total. The van der Waals surface area contributed by atoms with Crippen molar-refractivity contribution < 1.29 is 0 Å². The second-order valence-electron chi connectivity index (χ2n) is 11.9. The van der Waals surface area contributed by atoms with Gasteiger partial charge in [0.2, 0.25) is 0 Å². The zero-order valence-electron chi connectivity index (χ0n) is 17.5. The molecule has 5 fully saturated rings. The van der Waals surface area contributed by atoms with Crippen LogP contribution in [0.1, 0.15) is 90.9 Å². The van der Waals surface area contributed by atoms with E-state index in [4.69, 9.17) is 0 Å². The molecule has 1 heterocycles. The van der Waals surface area contributed by atoms with Crippen molar-refractivity contribution in [3.8, 4) is 0 Å². The third-order valence-electron chi connectivity index (χ3n) is 11.8. The lowest BCUT2D eigenvalue weighted by Gasteiger charge is -2.64. The van der Waals surface area contributed by atoms with E-state index in [1.807, 2.05) is 11.1 Å². The summed E-state index contributed by atoms with van der Waals surface area (Å²) in [5, 5.41) is 0. The summed E-state index contributed by atoms with van der Waals surface area (Å²) in [6.07, 6.45) is 23.4. The van der Waals surface area contributed by atoms with Crippen molar-refractivity contribution in [2.45, 2.75) is 102 Å². The van der Waals surface area contributed by atoms with E-state index in [1.165, 1.54) is 83.6 Å². The monoisotopic (exact) mass is 363 g/mol. The van der Waals surface area contributed by atoms with Gasteiger partial charge in [-0.1, -0.05) is 49.5 Å². The van der Waals surface area contributed by atoms with Crippen LogP contribution in [0.4, 0.5) is 0 Å². The van der Waals surface area contributed by atoms with Gasteiger partial charge in [0.05, 0.1) is 0 Å². The van der Waals surface area contributed by atoms with Crippen molar-refractivity contribution in [3.05, 3.63) is 23.3 Å². The van der Waals surface area contributed by atoms with Crippen LogP contribution in [-0.2, 0) is 0 Å². The lowest BCUT2D eigenvalue weighted by molar-refractivity contribution is -0.136. The minimum Gasteiger partial charge on any atom is -0.288 e. The van der Waals surface area contributed by atoms with Crippen molar-refractivity contribution >= 4 is 0 Å². The maximum atomic E-state index is 3.02. The average Bonchev–Trinajstić information content (AvgIpc) is 2.92. The first kappa shape index (κ1) is 16.3. The van der Waals surface area contributed by atoms with E-state index in [0.717, 1.165) is 17.9 Å². The predicted octanol–water partition coefficient (Wildman–Crippen LogP) is 6.26. The maximum absolute atomic E-state index is 3.02. The summed E-state index contributed by atoms with van der Waals surface area (Å²) >= 11 is 0. The summed E-state index contributed by atoms with van der Waals surface area (Å²) in [7, 11) is 0. The van der Waals surface area contributed by atoms with Crippen molar-refractivity contribution in [2.24, 2.45) is 28.1 Å². The van der Waals surface area contributed by atoms with Crippen LogP contribution in [0, 0.1) is 28.1 Å². The second kappa shape index (κ2) is 4.77. The van der Waals surface area contributed by atoms with Gasteiger partial charge in [0.1, 0.15) is 0 Å². The predicted molar refractivity (Wildman–Crippen MR) is 110 cm³/mol. The number of rotatable bonds is 1. The molecule has 1 unspecified atom stereocenters. The van der Waals surface area contributed by atoms with Gasteiger partial charge in [-0.15, -0.1) is 0 Å². The van der Waals surface area contributed by atoms with Gasteiger partial charge in [-0.2, -0.15) is 0 Å². The van der Waals surface area contributed by atoms with Crippen LogP contribution >= 0.6 is 0 Å². The Morgan fingerprint density at radius 2 is 1.81 bits per heavy atom. The minimum absolute atomic E-state index is 0.536. The Kier molecular flexibility index (Phi) is 2.87. The molecule has 0 amide bonds. The molecule has 4 saturated carbocycles. The Morgan fingerprint density at radius 3 is 2.67 bits per heavy atom. The normalized spacial score (nSPS) is 56.5. The standard InChI is InChI=1S/C26H37N/c1-18-10-15-26-20-7-5-6-19-8-9-22(27-17-24(27)12-3-4-13-24)25(14-11-20,16-21(18)26)23(19,26)2/h8-9,19-20,22H,3-7,10-17H2,1-2H3/t19-,20+,22+,23-,25-,26+,27?/m0/s1. The van der Waals surface area contributed by atoms with Crippen molar-refractivity contribution in [2.75, 3.05) is 6.54 Å². The minimum atomic E-state index is 0.536. The maximum Gasteiger partial charge on any atom is 0.0350 e. The molecule has 0 aromatic rings. The highest BCUT2D eigenvalue weighted by molar-refractivity contribution is 5.46. The smallest absolute Gasteiger partial charge is 0.0350 e. The third-order valence-corrected chi connectivity index (χ3v) is 11.8. The SMILES string of the molecule is CC1=C2C[C@@]34CC[C@H]5CCC[C@@H](C=C[C@H]3N3CC36CCCC6)[C@]4(C)[C@@]25CC1. The van der Waals surface area contributed by atoms with Gasteiger partial charge < -0.3 is 0 Å². The Bertz CT molecular complexity index is 769. The summed E-state index contributed by atoms with van der Waals surface area (Å²) in [6, 6.07) is 0.749. The summed E-state index contributed by atoms with van der Waals surface area (Å²) in [4.78, 5) is 3.02. The van der Waals surface area contributed by atoms with E-state index in [0.29, 0.717) is 21.8 Å². The van der Waals surface area contributed by atoms with E-state index in [1.54, 1.807) is 0 Å². The molecule has 2 spiro atoms. The lowest BCUT2D eigenvalue weighted by Crippen LogP contribution is -2.62. The third kappa shape index (κ3) is 1.53. The fraction of sp³-hybridized carbons (Fsp3) is 0.846. The van der Waals surface area contributed by atoms with Crippen LogP contribution in [-0.4, -0.2) is 23.0 Å². The van der Waals surface area contributed by atoms with Gasteiger partial charge in [0.25, 0.3) is 0 Å². The molecule has 0 aromatic carbocycles. The van der Waals surface area contributed by atoms with Crippen LogP contribution in [0.25, 0.3) is 0 Å². The van der Waals surface area contributed by atoms with Gasteiger partial charge in [-0.25, -0.2) is 0 Å². The summed E-state index contributed by atoms with van der Waals surface area (Å²) in [6.45, 7) is 6.75. The quantitative estimate of drug-likeness (QED) is 0.393. The highest BCUT2D eigenvalue weighted by atomic mass is 15.4. The van der Waals surface area contributed by atoms with E-state index in [9.17, 15) is 0 Å². The Labute approximate surface area is 165 Å². The van der Waals surface area contributed by atoms with Crippen LogP contribution in [0.2, 0.25) is 0 Å². The highest BCUT2D eigenvalue weighted by Crippen LogP contribution is 2.83. The van der Waals surface area contributed by atoms with E-state index in [2.05, 4.69) is 30.9 Å². The molecule has 7 rings (SSSR count). The molecule has 7 aliphatic rings. The molecule has 1 heteroatoms. The van der Waals surface area contributed by atoms with Crippen LogP contribution in [0.3, 0.4) is 0 Å². The molecule has 0 radical (unpaired) electrons. The Hall–Kier alpha value is -0.560. The van der Waals surface area contributed by atoms with Gasteiger partial charge >= 0.3 is 0 Å². The number of allylic oxidation sites excluding steroid dienone is 3. The van der Waals surface area contributed by atoms with Gasteiger partial charge in [-0.3, -0.25) is 4.90 Å². The molecular formula is C26H37N. The van der Waals surface area contributed by atoms with Crippen molar-refractivity contribution in [1.29, 1.82) is 0 Å². The second-order valence-corrected chi connectivity index (χ2v) is 11.9. The van der Waals surface area contributed by atoms with Gasteiger partial charge in [0, 0.05) is 29.0 Å². The van der Waals surface area contributed by atoms with E-state index < -0.39 is 0 Å². The highest BCUT2D eigenvalue weighted by Gasteiger charge is 2.78. The van der Waals surface area contributed by atoms with Gasteiger partial charge in [0.15, 0.2) is 0 Å². The van der Waals surface area contributed by atoms with Gasteiger partial charge in [-0.05, 0) is 82.0 Å². The molecule has 4 bridgehead atoms. The molecule has 6 aliphatic carbocycles. The van der Waals surface area contributed by atoms with E-state index >= 15 is 0 Å². The number of hydrogen-bond acceptors (Lipinski definition) is 1. The van der Waals surface area contributed by atoms with E-state index in [-0.39, 0.29) is 0 Å². The Balaban J connectivity index is 1.44.